The van der Waals surface area contributed by atoms with Gasteiger partial charge in [0.2, 0.25) is 5.78 Å². The molecular weight excluding hydrogens is 304 g/mol. The highest BCUT2D eigenvalue weighted by molar-refractivity contribution is 6.74. The highest BCUT2D eigenvalue weighted by Gasteiger charge is 2.39. The summed E-state index contributed by atoms with van der Waals surface area (Å²) in [5.74, 6) is 6.93. The minimum absolute atomic E-state index is 0.0342. The van der Waals surface area contributed by atoms with Crippen LogP contribution in [-0.2, 0) is 4.79 Å². The van der Waals surface area contributed by atoms with Crippen molar-refractivity contribution in [3.63, 3.8) is 0 Å². The Bertz CT molecular complexity index is 616. The molecule has 0 fully saturated rings. The molecule has 0 aliphatic carbocycles. The lowest BCUT2D eigenvalue weighted by Crippen LogP contribution is -2.43. The molecule has 0 radical (unpaired) electrons. The zero-order valence-electron chi connectivity index (χ0n) is 15.4. The summed E-state index contributed by atoms with van der Waals surface area (Å²) in [6.45, 7) is 13.0. The third kappa shape index (κ3) is 5.44. The van der Waals surface area contributed by atoms with Crippen molar-refractivity contribution >= 4 is 14.1 Å². The number of methoxy groups -OCH3 is 1. The highest BCUT2D eigenvalue weighted by atomic mass is 28.4. The Kier molecular flexibility index (Phi) is 6.46. The molecule has 0 saturated carbocycles. The Hall–Kier alpha value is -1.73. The quantitative estimate of drug-likeness (QED) is 0.574. The summed E-state index contributed by atoms with van der Waals surface area (Å²) in [7, 11) is -0.310. The van der Waals surface area contributed by atoms with E-state index in [0.717, 1.165) is 17.7 Å². The summed E-state index contributed by atoms with van der Waals surface area (Å²) >= 11 is 0. The van der Waals surface area contributed by atoms with Crippen LogP contribution in [0.1, 0.15) is 46.1 Å². The Labute approximate surface area is 141 Å². The molecule has 0 saturated heterocycles. The van der Waals surface area contributed by atoms with Crippen molar-refractivity contribution in [1.29, 1.82) is 0 Å². The van der Waals surface area contributed by atoms with Crippen LogP contribution < -0.4 is 9.16 Å². The second-order valence-corrected chi connectivity index (χ2v) is 11.9. The number of benzene rings is 1. The van der Waals surface area contributed by atoms with Crippen molar-refractivity contribution in [3.8, 4) is 23.3 Å². The Morgan fingerprint density at radius 1 is 1.22 bits per heavy atom. The van der Waals surface area contributed by atoms with E-state index in [0.29, 0.717) is 12.2 Å². The van der Waals surface area contributed by atoms with Crippen LogP contribution in [0.5, 0.6) is 11.5 Å². The lowest BCUT2D eigenvalue weighted by Gasteiger charge is -2.36. The first-order valence-electron chi connectivity index (χ1n) is 8.02. The van der Waals surface area contributed by atoms with Gasteiger partial charge in [0.1, 0.15) is 5.75 Å². The van der Waals surface area contributed by atoms with Crippen LogP contribution in [-0.4, -0.2) is 21.2 Å². The number of ether oxygens (including phenoxy) is 1. The van der Waals surface area contributed by atoms with Crippen molar-refractivity contribution in [1.82, 2.24) is 0 Å². The molecule has 1 rings (SSSR count). The minimum Gasteiger partial charge on any atom is -0.541 e. The summed E-state index contributed by atoms with van der Waals surface area (Å²) in [5.41, 5.74) is 0.758. The van der Waals surface area contributed by atoms with E-state index in [9.17, 15) is 4.79 Å². The van der Waals surface area contributed by atoms with E-state index >= 15 is 0 Å². The van der Waals surface area contributed by atoms with Crippen LogP contribution in [0.3, 0.4) is 0 Å². The molecule has 0 heterocycles. The minimum atomic E-state index is -1.93. The summed E-state index contributed by atoms with van der Waals surface area (Å²) in [5, 5.41) is 0.114. The van der Waals surface area contributed by atoms with Crippen molar-refractivity contribution in [2.24, 2.45) is 0 Å². The predicted octanol–water partition coefficient (Wildman–Crippen LogP) is 4.80. The van der Waals surface area contributed by atoms with E-state index in [1.807, 2.05) is 25.1 Å². The molecule has 0 N–H and O–H groups in total. The molecule has 0 unspecified atom stereocenters. The first-order valence-corrected chi connectivity index (χ1v) is 10.9. The monoisotopic (exact) mass is 332 g/mol. The van der Waals surface area contributed by atoms with Crippen LogP contribution in [0.25, 0.3) is 0 Å². The van der Waals surface area contributed by atoms with Gasteiger partial charge in [-0.05, 0) is 48.7 Å². The molecule has 0 spiro atoms. The van der Waals surface area contributed by atoms with Gasteiger partial charge >= 0.3 is 0 Å². The number of hydrogen-bond donors (Lipinski definition) is 0. The number of rotatable bonds is 5. The lowest BCUT2D eigenvalue weighted by molar-refractivity contribution is -0.113. The molecule has 126 valence electrons. The maximum atomic E-state index is 11.5. The summed E-state index contributed by atoms with van der Waals surface area (Å²) in [4.78, 5) is 11.5. The molecule has 0 atom stereocenters. The van der Waals surface area contributed by atoms with Crippen molar-refractivity contribution in [2.45, 2.75) is 58.7 Å². The number of carbonyl (C=O) groups excluding carboxylic acids is 1. The molecule has 1 aromatic carbocycles. The average Bonchev–Trinajstić information content (AvgIpc) is 2.45. The van der Waals surface area contributed by atoms with Crippen LogP contribution >= 0.6 is 0 Å². The fourth-order valence-electron chi connectivity index (χ4n) is 1.69. The van der Waals surface area contributed by atoms with Gasteiger partial charge in [0.05, 0.1) is 7.11 Å². The van der Waals surface area contributed by atoms with Crippen LogP contribution in [0.4, 0.5) is 0 Å². The van der Waals surface area contributed by atoms with Gasteiger partial charge in [0.15, 0.2) is 5.75 Å². The van der Waals surface area contributed by atoms with E-state index < -0.39 is 8.32 Å². The SMILES string of the molecule is CCCC(=O)C#Cc1ccc(O[Si](C)(C)C(C)(C)C)c(OC)c1. The smallest absolute Gasteiger partial charge is 0.250 e. The van der Waals surface area contributed by atoms with E-state index in [1.54, 1.807) is 7.11 Å². The van der Waals surface area contributed by atoms with Gasteiger partial charge in [-0.25, -0.2) is 0 Å². The molecule has 3 nitrogen and oxygen atoms in total. The van der Waals surface area contributed by atoms with Crippen molar-refractivity contribution in [3.05, 3.63) is 23.8 Å². The standard InChI is InChI=1S/C19H28O3Si/c1-8-9-16(20)12-10-15-11-13-17(18(14-15)21-5)22-23(6,7)19(2,3)4/h11,13-14H,8-9H2,1-7H3. The van der Waals surface area contributed by atoms with Crippen molar-refractivity contribution in [2.75, 3.05) is 7.11 Å². The van der Waals surface area contributed by atoms with Gasteiger partial charge < -0.3 is 9.16 Å². The molecular formula is C19H28O3Si. The molecule has 4 heteroatoms. The first-order chi connectivity index (χ1) is 10.6. The number of ketones is 1. The topological polar surface area (TPSA) is 35.5 Å². The van der Waals surface area contributed by atoms with Gasteiger partial charge in [0.25, 0.3) is 8.32 Å². The lowest BCUT2D eigenvalue weighted by atomic mass is 10.2. The maximum absolute atomic E-state index is 11.5. The summed E-state index contributed by atoms with van der Waals surface area (Å²) in [6.07, 6.45) is 1.31. The molecule has 23 heavy (non-hydrogen) atoms. The van der Waals surface area contributed by atoms with E-state index in [2.05, 4.69) is 45.7 Å². The Morgan fingerprint density at radius 2 is 1.87 bits per heavy atom. The maximum Gasteiger partial charge on any atom is 0.250 e. The highest BCUT2D eigenvalue weighted by Crippen LogP contribution is 2.40. The van der Waals surface area contributed by atoms with E-state index in [-0.39, 0.29) is 10.8 Å². The summed E-state index contributed by atoms with van der Waals surface area (Å²) < 4.78 is 11.7. The first kappa shape index (κ1) is 19.3. The van der Waals surface area contributed by atoms with E-state index in [1.165, 1.54) is 0 Å². The molecule has 0 aromatic heterocycles. The molecule has 0 aliphatic heterocycles. The van der Waals surface area contributed by atoms with Gasteiger partial charge in [-0.3, -0.25) is 4.79 Å². The van der Waals surface area contributed by atoms with Gasteiger partial charge in [-0.2, -0.15) is 0 Å². The number of carbonyl (C=O) groups is 1. The molecule has 0 amide bonds. The predicted molar refractivity (Wildman–Crippen MR) is 97.6 cm³/mol. The fourth-order valence-corrected chi connectivity index (χ4v) is 2.71. The fraction of sp³-hybridized carbons (Fsp3) is 0.526. The normalized spacial score (nSPS) is 11.4. The summed E-state index contributed by atoms with van der Waals surface area (Å²) in [6, 6.07) is 5.58. The van der Waals surface area contributed by atoms with E-state index in [4.69, 9.17) is 9.16 Å². The van der Waals surface area contributed by atoms with Crippen molar-refractivity contribution < 1.29 is 14.0 Å². The van der Waals surface area contributed by atoms with Crippen LogP contribution in [0.2, 0.25) is 18.1 Å². The number of Topliss-reactive ketones (excluding diaryl/α,β-unsaturated/α-hetero) is 1. The Morgan fingerprint density at radius 3 is 2.39 bits per heavy atom. The largest absolute Gasteiger partial charge is 0.541 e. The van der Waals surface area contributed by atoms with Gasteiger partial charge in [-0.15, -0.1) is 0 Å². The molecule has 0 bridgehead atoms. The number of hydrogen-bond acceptors (Lipinski definition) is 3. The van der Waals surface area contributed by atoms with Gasteiger partial charge in [0, 0.05) is 12.0 Å². The third-order valence-electron chi connectivity index (χ3n) is 4.16. The van der Waals surface area contributed by atoms with Gasteiger partial charge in [-0.1, -0.05) is 33.6 Å². The zero-order valence-corrected chi connectivity index (χ0v) is 16.4. The second kappa shape index (κ2) is 7.70. The van der Waals surface area contributed by atoms with Crippen LogP contribution in [0, 0.1) is 11.8 Å². The molecule has 0 aliphatic rings. The molecule has 1 aromatic rings. The van der Waals surface area contributed by atoms with Crippen LogP contribution in [0.15, 0.2) is 18.2 Å². The third-order valence-corrected chi connectivity index (χ3v) is 8.50. The zero-order chi connectivity index (χ0) is 17.7. The second-order valence-electron chi connectivity index (χ2n) is 7.15. The Balaban J connectivity index is 3.04. The average molecular weight is 333 g/mol.